The Morgan fingerprint density at radius 2 is 1.77 bits per heavy atom. The van der Waals surface area contributed by atoms with Gasteiger partial charge in [0.05, 0.1) is 4.90 Å². The van der Waals surface area contributed by atoms with Gasteiger partial charge < -0.3 is 5.32 Å². The Hall–Kier alpha value is -2.32. The summed E-state index contributed by atoms with van der Waals surface area (Å²) in [5.41, 5.74) is -0.696. The fraction of sp³-hybridized carbons (Fsp3) is 0.455. The van der Waals surface area contributed by atoms with E-state index in [0.717, 1.165) is 38.2 Å². The number of halogens is 1. The SMILES string of the molecule is O=C(NC12CC3CC(C1)CC(NS(=O)(=O)c1cccc(F)c1)(C3)C2)c1ccccn1. The first-order chi connectivity index (χ1) is 14.3. The monoisotopic (exact) mass is 429 g/mol. The van der Waals surface area contributed by atoms with Crippen LogP contribution in [0.25, 0.3) is 0 Å². The van der Waals surface area contributed by atoms with E-state index in [1.807, 2.05) is 0 Å². The van der Waals surface area contributed by atoms with Gasteiger partial charge in [0.2, 0.25) is 10.0 Å². The van der Waals surface area contributed by atoms with Gasteiger partial charge in [0.1, 0.15) is 11.5 Å². The van der Waals surface area contributed by atoms with Gasteiger partial charge in [-0.2, -0.15) is 0 Å². The van der Waals surface area contributed by atoms with Crippen LogP contribution < -0.4 is 10.0 Å². The first-order valence-electron chi connectivity index (χ1n) is 10.3. The van der Waals surface area contributed by atoms with E-state index in [4.69, 9.17) is 0 Å². The van der Waals surface area contributed by atoms with E-state index in [1.165, 1.54) is 18.2 Å². The predicted octanol–water partition coefficient (Wildman–Crippen LogP) is 3.02. The summed E-state index contributed by atoms with van der Waals surface area (Å²) in [5.74, 6) is -0.0980. The summed E-state index contributed by atoms with van der Waals surface area (Å²) in [6.45, 7) is 0. The summed E-state index contributed by atoms with van der Waals surface area (Å²) in [6.07, 6.45) is 6.39. The second-order valence-electron chi connectivity index (χ2n) is 9.25. The number of sulfonamides is 1. The normalized spacial score (nSPS) is 32.2. The molecule has 0 aliphatic heterocycles. The lowest BCUT2D eigenvalue weighted by Gasteiger charge is -2.62. The van der Waals surface area contributed by atoms with Crippen molar-refractivity contribution in [3.63, 3.8) is 0 Å². The molecule has 1 amide bonds. The highest BCUT2D eigenvalue weighted by Crippen LogP contribution is 2.57. The predicted molar refractivity (Wildman–Crippen MR) is 109 cm³/mol. The number of rotatable bonds is 5. The molecule has 1 aromatic carbocycles. The molecule has 1 heterocycles. The highest BCUT2D eigenvalue weighted by molar-refractivity contribution is 7.89. The van der Waals surface area contributed by atoms with Gasteiger partial charge >= 0.3 is 0 Å². The molecule has 0 saturated heterocycles. The van der Waals surface area contributed by atoms with E-state index in [9.17, 15) is 17.6 Å². The Morgan fingerprint density at radius 1 is 1.03 bits per heavy atom. The van der Waals surface area contributed by atoms with Crippen LogP contribution >= 0.6 is 0 Å². The molecule has 2 aromatic rings. The number of aromatic nitrogens is 1. The average molecular weight is 430 g/mol. The van der Waals surface area contributed by atoms with Crippen LogP contribution in [0, 0.1) is 17.7 Å². The minimum Gasteiger partial charge on any atom is -0.345 e. The molecular formula is C22H24FN3O3S. The molecule has 8 heteroatoms. The fourth-order valence-electron chi connectivity index (χ4n) is 6.31. The summed E-state index contributed by atoms with van der Waals surface area (Å²) in [5, 5.41) is 3.20. The molecule has 0 spiro atoms. The van der Waals surface area contributed by atoms with Crippen molar-refractivity contribution in [3.05, 3.63) is 60.2 Å². The second kappa shape index (κ2) is 6.85. The lowest BCUT2D eigenvalue weighted by atomic mass is 9.50. The molecule has 2 N–H and O–H groups in total. The van der Waals surface area contributed by atoms with Crippen molar-refractivity contribution in [2.24, 2.45) is 11.8 Å². The Balaban J connectivity index is 1.42. The van der Waals surface area contributed by atoms with Gasteiger partial charge in [-0.1, -0.05) is 12.1 Å². The van der Waals surface area contributed by atoms with Crippen LogP contribution in [0.2, 0.25) is 0 Å². The maximum atomic E-state index is 13.6. The third-order valence-corrected chi connectivity index (χ3v) is 8.37. The molecule has 158 valence electrons. The third kappa shape index (κ3) is 3.52. The van der Waals surface area contributed by atoms with E-state index in [0.29, 0.717) is 24.0 Å². The van der Waals surface area contributed by atoms with Gasteiger partial charge in [-0.15, -0.1) is 0 Å². The number of hydrogen-bond donors (Lipinski definition) is 2. The largest absolute Gasteiger partial charge is 0.345 e. The standard InChI is InChI=1S/C22H24FN3O3S/c23-17-4-3-5-18(9-17)30(28,29)26-22-12-15-8-16(13-22)11-21(10-15,14-22)25-20(27)19-6-1-2-7-24-19/h1-7,9,15-16,26H,8,10-14H2,(H,25,27). The Kier molecular flexibility index (Phi) is 4.48. The third-order valence-electron chi connectivity index (χ3n) is 6.79. The zero-order chi connectivity index (χ0) is 21.0. The summed E-state index contributed by atoms with van der Waals surface area (Å²) < 4.78 is 42.6. The van der Waals surface area contributed by atoms with Crippen molar-refractivity contribution < 1.29 is 17.6 Å². The van der Waals surface area contributed by atoms with Gasteiger partial charge in [-0.25, -0.2) is 17.5 Å². The molecule has 4 aliphatic rings. The summed E-state index contributed by atoms with van der Waals surface area (Å²) in [6, 6.07) is 10.3. The molecule has 4 aliphatic carbocycles. The maximum Gasteiger partial charge on any atom is 0.270 e. The molecule has 1 aromatic heterocycles. The Bertz CT molecular complexity index is 1080. The first-order valence-corrected chi connectivity index (χ1v) is 11.8. The smallest absolute Gasteiger partial charge is 0.270 e. The number of hydrogen-bond acceptors (Lipinski definition) is 4. The topological polar surface area (TPSA) is 88.2 Å². The van der Waals surface area contributed by atoms with Crippen LogP contribution in [0.3, 0.4) is 0 Å². The number of carbonyl (C=O) groups is 1. The van der Waals surface area contributed by atoms with Gasteiger partial charge in [-0.05, 0) is 80.7 Å². The number of nitrogens with zero attached hydrogens (tertiary/aromatic N) is 1. The zero-order valence-electron chi connectivity index (χ0n) is 16.5. The quantitative estimate of drug-likeness (QED) is 0.765. The lowest BCUT2D eigenvalue weighted by Crippen LogP contribution is -2.69. The first kappa shape index (κ1) is 19.6. The number of benzene rings is 1. The number of carbonyl (C=O) groups excluding carboxylic acids is 1. The van der Waals surface area contributed by atoms with Crippen molar-refractivity contribution in [3.8, 4) is 0 Å². The number of pyridine rings is 1. The molecule has 4 saturated carbocycles. The van der Waals surface area contributed by atoms with Crippen molar-refractivity contribution in [2.75, 3.05) is 0 Å². The minimum atomic E-state index is -3.87. The van der Waals surface area contributed by atoms with Crippen LogP contribution in [-0.2, 0) is 10.0 Å². The van der Waals surface area contributed by atoms with E-state index >= 15 is 0 Å². The molecular weight excluding hydrogens is 405 g/mol. The fourth-order valence-corrected chi connectivity index (χ4v) is 7.76. The molecule has 4 fully saturated rings. The van der Waals surface area contributed by atoms with Crippen molar-refractivity contribution in [1.82, 2.24) is 15.0 Å². The van der Waals surface area contributed by atoms with Crippen molar-refractivity contribution in [2.45, 2.75) is 54.5 Å². The minimum absolute atomic E-state index is 0.0650. The molecule has 6 nitrogen and oxygen atoms in total. The van der Waals surface area contributed by atoms with Crippen molar-refractivity contribution in [1.29, 1.82) is 0 Å². The molecule has 2 atom stereocenters. The van der Waals surface area contributed by atoms with Crippen LogP contribution in [0.1, 0.15) is 49.0 Å². The second-order valence-corrected chi connectivity index (χ2v) is 10.9. The van der Waals surface area contributed by atoms with E-state index in [1.54, 1.807) is 24.4 Å². The van der Waals surface area contributed by atoms with E-state index in [2.05, 4.69) is 15.0 Å². The van der Waals surface area contributed by atoms with Gasteiger partial charge in [0.15, 0.2) is 0 Å². The maximum absolute atomic E-state index is 13.6. The molecule has 30 heavy (non-hydrogen) atoms. The van der Waals surface area contributed by atoms with Gasteiger partial charge in [-0.3, -0.25) is 9.78 Å². The van der Waals surface area contributed by atoms with Gasteiger partial charge in [0.25, 0.3) is 5.91 Å². The van der Waals surface area contributed by atoms with Crippen LogP contribution in [0.5, 0.6) is 0 Å². The average Bonchev–Trinajstić information content (AvgIpc) is 2.66. The van der Waals surface area contributed by atoms with Crippen LogP contribution in [0.4, 0.5) is 4.39 Å². The highest BCUT2D eigenvalue weighted by atomic mass is 32.2. The number of nitrogens with one attached hydrogen (secondary N) is 2. The molecule has 2 unspecified atom stereocenters. The van der Waals surface area contributed by atoms with E-state index in [-0.39, 0.29) is 10.8 Å². The zero-order valence-corrected chi connectivity index (χ0v) is 17.3. The summed E-state index contributed by atoms with van der Waals surface area (Å²) in [7, 11) is -3.87. The molecule has 0 radical (unpaired) electrons. The summed E-state index contributed by atoms with van der Waals surface area (Å²) >= 11 is 0. The highest BCUT2D eigenvalue weighted by Gasteiger charge is 2.59. The molecule has 6 rings (SSSR count). The lowest BCUT2D eigenvalue weighted by molar-refractivity contribution is -0.0390. The Labute approximate surface area is 175 Å². The number of amides is 1. The Morgan fingerprint density at radius 3 is 2.43 bits per heavy atom. The van der Waals surface area contributed by atoms with Crippen LogP contribution in [-0.4, -0.2) is 30.4 Å². The van der Waals surface area contributed by atoms with Crippen LogP contribution in [0.15, 0.2) is 53.6 Å². The van der Waals surface area contributed by atoms with Crippen molar-refractivity contribution >= 4 is 15.9 Å². The summed E-state index contributed by atoms with van der Waals surface area (Å²) in [4.78, 5) is 16.9. The molecule has 4 bridgehead atoms. The van der Waals surface area contributed by atoms with Gasteiger partial charge in [0, 0.05) is 17.3 Å². The van der Waals surface area contributed by atoms with E-state index < -0.39 is 26.9 Å².